The highest BCUT2D eigenvalue weighted by Crippen LogP contribution is 2.45. The van der Waals surface area contributed by atoms with Gasteiger partial charge in [-0.1, -0.05) is 54.3 Å². The van der Waals surface area contributed by atoms with Crippen molar-refractivity contribution in [3.8, 4) is 0 Å². The minimum Gasteiger partial charge on any atom is -0.381 e. The van der Waals surface area contributed by atoms with E-state index >= 15 is 0 Å². The van der Waals surface area contributed by atoms with Crippen LogP contribution in [0.1, 0.15) is 71.1 Å². The molecule has 0 aromatic rings. The number of halogens is 1. The van der Waals surface area contributed by atoms with Crippen LogP contribution in [0, 0.1) is 11.8 Å². The van der Waals surface area contributed by atoms with Gasteiger partial charge in [0.05, 0.1) is 18.8 Å². The van der Waals surface area contributed by atoms with Gasteiger partial charge < -0.3 is 9.47 Å². The Morgan fingerprint density at radius 3 is 2.61 bits per heavy atom. The topological polar surface area (TPSA) is 18.5 Å². The fourth-order valence-electron chi connectivity index (χ4n) is 4.01. The average Bonchev–Trinajstić information content (AvgIpc) is 3.16. The Morgan fingerprint density at radius 2 is 1.83 bits per heavy atom. The Bertz CT molecular complexity index is 332. The van der Waals surface area contributed by atoms with Gasteiger partial charge in [-0.2, -0.15) is 0 Å². The molecule has 0 amide bonds. The summed E-state index contributed by atoms with van der Waals surface area (Å²) >= 11 is 3.49. The fourth-order valence-corrected chi connectivity index (χ4v) is 4.40. The lowest BCUT2D eigenvalue weighted by molar-refractivity contribution is 0.0478. The molecule has 2 fully saturated rings. The highest BCUT2D eigenvalue weighted by molar-refractivity contribution is 9.09. The number of ether oxygens (including phenoxy) is 2. The van der Waals surface area contributed by atoms with E-state index in [1.807, 2.05) is 0 Å². The van der Waals surface area contributed by atoms with Crippen molar-refractivity contribution in [2.75, 3.05) is 18.5 Å². The van der Waals surface area contributed by atoms with E-state index in [2.05, 4.69) is 35.0 Å². The molecule has 3 heteroatoms. The monoisotopic (exact) mass is 386 g/mol. The summed E-state index contributed by atoms with van der Waals surface area (Å²) in [6.07, 6.45) is 18.4. The van der Waals surface area contributed by atoms with Crippen LogP contribution in [0.25, 0.3) is 0 Å². The number of allylic oxidation sites excluding steroid dienone is 2. The van der Waals surface area contributed by atoms with Gasteiger partial charge in [0.1, 0.15) is 0 Å². The van der Waals surface area contributed by atoms with Crippen LogP contribution in [-0.2, 0) is 9.47 Å². The predicted octanol–water partition coefficient (Wildman–Crippen LogP) is 5.89. The van der Waals surface area contributed by atoms with Gasteiger partial charge in [0.15, 0.2) is 0 Å². The minimum atomic E-state index is 0.474. The van der Waals surface area contributed by atoms with Gasteiger partial charge >= 0.3 is 0 Å². The molecule has 4 atom stereocenters. The summed E-state index contributed by atoms with van der Waals surface area (Å²) in [6, 6.07) is 0. The van der Waals surface area contributed by atoms with Gasteiger partial charge in [0.25, 0.3) is 0 Å². The fraction of sp³-hybridized carbons (Fsp3) is 0.900. The Labute approximate surface area is 151 Å². The van der Waals surface area contributed by atoms with E-state index in [-0.39, 0.29) is 0 Å². The molecular formula is C20H35BrO2. The van der Waals surface area contributed by atoms with E-state index in [4.69, 9.17) is 9.47 Å². The van der Waals surface area contributed by atoms with Crippen molar-refractivity contribution < 1.29 is 9.47 Å². The van der Waals surface area contributed by atoms with Crippen LogP contribution in [0.3, 0.4) is 0 Å². The summed E-state index contributed by atoms with van der Waals surface area (Å²) in [5.41, 5.74) is 0. The second-order valence-electron chi connectivity index (χ2n) is 7.15. The Balaban J connectivity index is 1.65. The highest BCUT2D eigenvalue weighted by Gasteiger charge is 2.48. The number of fused-ring (bicyclic) bond motifs is 2. The number of hydrogen-bond donors (Lipinski definition) is 0. The second kappa shape index (κ2) is 11.7. The maximum Gasteiger partial charge on any atom is 0.0633 e. The van der Waals surface area contributed by atoms with Crippen molar-refractivity contribution in [1.29, 1.82) is 0 Å². The summed E-state index contributed by atoms with van der Waals surface area (Å²) in [5, 5.41) is 1.12. The molecular weight excluding hydrogens is 352 g/mol. The smallest absolute Gasteiger partial charge is 0.0633 e. The van der Waals surface area contributed by atoms with Gasteiger partial charge in [0, 0.05) is 17.9 Å². The molecule has 2 saturated heterocycles. The molecule has 0 saturated carbocycles. The average molecular weight is 387 g/mol. The Morgan fingerprint density at radius 1 is 1.00 bits per heavy atom. The quantitative estimate of drug-likeness (QED) is 0.223. The molecule has 0 radical (unpaired) electrons. The van der Waals surface area contributed by atoms with E-state index in [0.29, 0.717) is 24.0 Å². The van der Waals surface area contributed by atoms with Crippen LogP contribution in [0.2, 0.25) is 0 Å². The molecule has 0 unspecified atom stereocenters. The molecule has 2 nitrogen and oxygen atoms in total. The molecule has 2 rings (SSSR count). The van der Waals surface area contributed by atoms with Crippen molar-refractivity contribution in [2.24, 2.45) is 11.8 Å². The predicted molar refractivity (Wildman–Crippen MR) is 101 cm³/mol. The van der Waals surface area contributed by atoms with Crippen molar-refractivity contribution >= 4 is 15.9 Å². The number of alkyl halides is 1. The van der Waals surface area contributed by atoms with E-state index < -0.39 is 0 Å². The summed E-state index contributed by atoms with van der Waals surface area (Å²) in [4.78, 5) is 0. The second-order valence-corrected chi connectivity index (χ2v) is 7.94. The summed E-state index contributed by atoms with van der Waals surface area (Å²) < 4.78 is 12.2. The van der Waals surface area contributed by atoms with Crippen LogP contribution < -0.4 is 0 Å². The van der Waals surface area contributed by atoms with Crippen molar-refractivity contribution in [3.05, 3.63) is 12.2 Å². The van der Waals surface area contributed by atoms with Crippen LogP contribution in [0.15, 0.2) is 12.2 Å². The highest BCUT2D eigenvalue weighted by atomic mass is 79.9. The first-order valence-corrected chi connectivity index (χ1v) is 10.9. The van der Waals surface area contributed by atoms with Gasteiger partial charge in [0.2, 0.25) is 0 Å². The van der Waals surface area contributed by atoms with Crippen molar-refractivity contribution in [2.45, 2.75) is 83.3 Å². The van der Waals surface area contributed by atoms with Gasteiger partial charge in [-0.3, -0.25) is 0 Å². The first kappa shape index (κ1) is 19.5. The molecule has 2 bridgehead atoms. The molecule has 134 valence electrons. The molecule has 2 aliphatic heterocycles. The standard InChI is InChI=1S/C20H35BrO2/c1-2-3-4-10-15-22-16-18-17(19-12-13-20(18)23-19)11-8-6-5-7-9-14-21/h6,8,17-20H,2-5,7,9-16H2,1H3/t17-,18+,19-,20+/m0/s1. The van der Waals surface area contributed by atoms with E-state index in [1.54, 1.807) is 0 Å². The molecule has 0 aromatic heterocycles. The maximum absolute atomic E-state index is 6.17. The molecule has 2 aliphatic rings. The first-order chi connectivity index (χ1) is 11.4. The SMILES string of the molecule is CCCCCCOC[C@@H]1[C@H](CC=CCCCCBr)[C@@H]2CC[C@H]1O2. The van der Waals surface area contributed by atoms with Crippen molar-refractivity contribution in [1.82, 2.24) is 0 Å². The van der Waals surface area contributed by atoms with Crippen LogP contribution >= 0.6 is 15.9 Å². The van der Waals surface area contributed by atoms with Gasteiger partial charge in [-0.15, -0.1) is 0 Å². The first-order valence-electron chi connectivity index (χ1n) is 9.81. The lowest BCUT2D eigenvalue weighted by Gasteiger charge is -2.27. The van der Waals surface area contributed by atoms with E-state index in [1.165, 1.54) is 64.2 Å². The maximum atomic E-state index is 6.17. The molecule has 2 heterocycles. The normalized spacial score (nSPS) is 29.8. The molecule has 0 spiro atoms. The zero-order valence-electron chi connectivity index (χ0n) is 14.9. The van der Waals surface area contributed by atoms with Gasteiger partial charge in [-0.05, 0) is 50.9 Å². The van der Waals surface area contributed by atoms with Crippen LogP contribution in [0.5, 0.6) is 0 Å². The Hall–Kier alpha value is 0.140. The molecule has 0 aromatic carbocycles. The zero-order chi connectivity index (χ0) is 16.3. The van der Waals surface area contributed by atoms with E-state index in [0.717, 1.165) is 18.5 Å². The number of rotatable bonds is 13. The van der Waals surface area contributed by atoms with Crippen molar-refractivity contribution in [3.63, 3.8) is 0 Å². The summed E-state index contributed by atoms with van der Waals surface area (Å²) in [5.74, 6) is 1.32. The number of hydrogen-bond acceptors (Lipinski definition) is 2. The third-order valence-corrected chi connectivity index (χ3v) is 5.93. The molecule has 0 N–H and O–H groups in total. The van der Waals surface area contributed by atoms with Crippen LogP contribution in [-0.4, -0.2) is 30.8 Å². The third kappa shape index (κ3) is 6.51. The summed E-state index contributed by atoms with van der Waals surface area (Å²) in [7, 11) is 0. The van der Waals surface area contributed by atoms with Gasteiger partial charge in [-0.25, -0.2) is 0 Å². The molecule has 0 aliphatic carbocycles. The largest absolute Gasteiger partial charge is 0.381 e. The molecule has 23 heavy (non-hydrogen) atoms. The summed E-state index contributed by atoms with van der Waals surface area (Å²) in [6.45, 7) is 4.10. The third-order valence-electron chi connectivity index (χ3n) is 5.37. The Kier molecular flexibility index (Phi) is 9.86. The number of unbranched alkanes of at least 4 members (excludes halogenated alkanes) is 5. The zero-order valence-corrected chi connectivity index (χ0v) is 16.4. The minimum absolute atomic E-state index is 0.474. The lowest BCUT2D eigenvalue weighted by Crippen LogP contribution is -2.30. The van der Waals surface area contributed by atoms with E-state index in [9.17, 15) is 0 Å². The van der Waals surface area contributed by atoms with Crippen LogP contribution in [0.4, 0.5) is 0 Å². The lowest BCUT2D eigenvalue weighted by atomic mass is 9.78.